The molecular weight excluding hydrogens is 246 g/mol. The molecule has 0 radical (unpaired) electrons. The third-order valence-electron chi connectivity index (χ3n) is 2.64. The molecule has 0 bridgehead atoms. The van der Waals surface area contributed by atoms with Crippen molar-refractivity contribution in [1.82, 2.24) is 4.98 Å². The van der Waals surface area contributed by atoms with Crippen molar-refractivity contribution in [3.63, 3.8) is 0 Å². The predicted molar refractivity (Wildman–Crippen MR) is 69.4 cm³/mol. The number of hydrogen-bond acceptors (Lipinski definition) is 4. The van der Waals surface area contributed by atoms with Crippen molar-refractivity contribution in [1.29, 1.82) is 0 Å². The summed E-state index contributed by atoms with van der Waals surface area (Å²) >= 11 is 0. The summed E-state index contributed by atoms with van der Waals surface area (Å²) in [5.41, 5.74) is 1.18. The molecule has 0 atom stereocenters. The fraction of sp³-hybridized carbons (Fsp3) is 0.286. The van der Waals surface area contributed by atoms with Crippen LogP contribution in [-0.4, -0.2) is 22.7 Å². The van der Waals surface area contributed by atoms with Crippen molar-refractivity contribution >= 4 is 5.97 Å². The van der Waals surface area contributed by atoms with Crippen LogP contribution in [0, 0.1) is 0 Å². The molecule has 0 unspecified atom stereocenters. The number of benzene rings is 1. The minimum Gasteiger partial charge on any atom is -0.494 e. The molecule has 0 aliphatic carbocycles. The first-order valence-electron chi connectivity index (χ1n) is 6.12. The number of hydrogen-bond donors (Lipinski definition) is 1. The van der Waals surface area contributed by atoms with Crippen LogP contribution < -0.4 is 4.74 Å². The zero-order valence-electron chi connectivity index (χ0n) is 10.8. The number of aryl methyl sites for hydroxylation is 1. The van der Waals surface area contributed by atoms with Gasteiger partial charge >= 0.3 is 5.97 Å². The van der Waals surface area contributed by atoms with Gasteiger partial charge in [-0.1, -0.05) is 6.92 Å². The second kappa shape index (κ2) is 5.56. The van der Waals surface area contributed by atoms with Crippen LogP contribution in [0.25, 0.3) is 11.5 Å². The van der Waals surface area contributed by atoms with Gasteiger partial charge in [0.1, 0.15) is 5.75 Å². The zero-order chi connectivity index (χ0) is 13.8. The lowest BCUT2D eigenvalue weighted by molar-refractivity contribution is 0.0662. The molecule has 0 fully saturated rings. The lowest BCUT2D eigenvalue weighted by Gasteiger charge is -2.02. The largest absolute Gasteiger partial charge is 0.494 e. The Morgan fingerprint density at radius 3 is 2.47 bits per heavy atom. The second-order valence-corrected chi connectivity index (χ2v) is 3.91. The first-order valence-corrected chi connectivity index (χ1v) is 6.12. The Balaban J connectivity index is 2.33. The number of rotatable bonds is 5. The molecule has 0 amide bonds. The average Bonchev–Trinajstić information content (AvgIpc) is 2.84. The molecule has 0 aliphatic rings. The number of ether oxygens (including phenoxy) is 1. The highest BCUT2D eigenvalue weighted by molar-refractivity contribution is 5.86. The van der Waals surface area contributed by atoms with E-state index >= 15 is 0 Å². The molecule has 1 heterocycles. The van der Waals surface area contributed by atoms with Crippen molar-refractivity contribution in [2.24, 2.45) is 0 Å². The van der Waals surface area contributed by atoms with Gasteiger partial charge in [0, 0.05) is 5.56 Å². The summed E-state index contributed by atoms with van der Waals surface area (Å²) in [6.45, 7) is 4.35. The molecule has 0 saturated heterocycles. The van der Waals surface area contributed by atoms with Gasteiger partial charge in [0.25, 0.3) is 0 Å². The van der Waals surface area contributed by atoms with Gasteiger partial charge in [-0.2, -0.15) is 0 Å². The molecule has 2 rings (SSSR count). The molecule has 0 saturated carbocycles. The topological polar surface area (TPSA) is 72.6 Å². The molecule has 2 aromatic rings. The first-order chi connectivity index (χ1) is 9.15. The summed E-state index contributed by atoms with van der Waals surface area (Å²) in [6, 6.07) is 7.19. The van der Waals surface area contributed by atoms with Crippen molar-refractivity contribution in [2.75, 3.05) is 6.61 Å². The van der Waals surface area contributed by atoms with Crippen LogP contribution in [0.4, 0.5) is 0 Å². The Morgan fingerprint density at radius 1 is 1.32 bits per heavy atom. The molecule has 100 valence electrons. The predicted octanol–water partition coefficient (Wildman–Crippen LogP) is 3.00. The van der Waals surface area contributed by atoms with Gasteiger partial charge in [0.05, 0.1) is 12.3 Å². The maximum atomic E-state index is 11.0. The van der Waals surface area contributed by atoms with Gasteiger partial charge in [0.15, 0.2) is 0 Å². The van der Waals surface area contributed by atoms with Gasteiger partial charge in [-0.3, -0.25) is 0 Å². The number of aromatic nitrogens is 1. The summed E-state index contributed by atoms with van der Waals surface area (Å²) in [4.78, 5) is 15.2. The number of oxazole rings is 1. The van der Waals surface area contributed by atoms with Crippen LogP contribution in [-0.2, 0) is 6.42 Å². The number of carboxylic acid groups (broad SMARTS) is 1. The van der Waals surface area contributed by atoms with E-state index in [1.54, 1.807) is 24.3 Å². The van der Waals surface area contributed by atoms with E-state index < -0.39 is 5.97 Å². The van der Waals surface area contributed by atoms with Crippen LogP contribution in [0.2, 0.25) is 0 Å². The van der Waals surface area contributed by atoms with Gasteiger partial charge in [0.2, 0.25) is 11.7 Å². The molecule has 19 heavy (non-hydrogen) atoms. The van der Waals surface area contributed by atoms with Crippen molar-refractivity contribution in [3.05, 3.63) is 35.7 Å². The van der Waals surface area contributed by atoms with E-state index in [-0.39, 0.29) is 5.76 Å². The molecule has 0 spiro atoms. The van der Waals surface area contributed by atoms with Gasteiger partial charge in [-0.05, 0) is 37.6 Å². The fourth-order valence-electron chi connectivity index (χ4n) is 1.74. The Morgan fingerprint density at radius 2 is 2.00 bits per heavy atom. The Hall–Kier alpha value is -2.30. The molecule has 1 N–H and O–H groups in total. The SMILES string of the molecule is CCOc1ccc(-c2nc(CC)c(C(=O)O)o2)cc1. The monoisotopic (exact) mass is 261 g/mol. The number of carbonyl (C=O) groups is 1. The van der Waals surface area contributed by atoms with Gasteiger partial charge < -0.3 is 14.3 Å². The summed E-state index contributed by atoms with van der Waals surface area (Å²) in [5.74, 6) is -0.114. The Kier molecular flexibility index (Phi) is 3.85. The Labute approximate surface area is 110 Å². The van der Waals surface area contributed by atoms with E-state index in [1.807, 2.05) is 13.8 Å². The third kappa shape index (κ3) is 2.76. The number of aromatic carboxylic acids is 1. The number of nitrogens with zero attached hydrogens (tertiary/aromatic N) is 1. The van der Waals surface area contributed by atoms with Crippen LogP contribution in [0.5, 0.6) is 5.75 Å². The normalized spacial score (nSPS) is 10.4. The highest BCUT2D eigenvalue weighted by atomic mass is 16.5. The maximum absolute atomic E-state index is 11.0. The summed E-state index contributed by atoms with van der Waals surface area (Å²) in [5, 5.41) is 9.02. The summed E-state index contributed by atoms with van der Waals surface area (Å²) < 4.78 is 10.6. The summed E-state index contributed by atoms with van der Waals surface area (Å²) in [6.07, 6.45) is 0.516. The fourth-order valence-corrected chi connectivity index (χ4v) is 1.74. The van der Waals surface area contributed by atoms with Crippen LogP contribution in [0.3, 0.4) is 0 Å². The van der Waals surface area contributed by atoms with Crippen molar-refractivity contribution in [2.45, 2.75) is 20.3 Å². The minimum absolute atomic E-state index is 0.0913. The lowest BCUT2D eigenvalue weighted by atomic mass is 10.2. The molecule has 5 nitrogen and oxygen atoms in total. The van der Waals surface area contributed by atoms with E-state index in [1.165, 1.54) is 0 Å². The quantitative estimate of drug-likeness (QED) is 0.895. The molecule has 1 aromatic carbocycles. The molecular formula is C14H15NO4. The van der Waals surface area contributed by atoms with Crippen LogP contribution in [0.1, 0.15) is 30.1 Å². The van der Waals surface area contributed by atoms with E-state index in [4.69, 9.17) is 14.3 Å². The third-order valence-corrected chi connectivity index (χ3v) is 2.64. The van der Waals surface area contributed by atoms with Crippen LogP contribution >= 0.6 is 0 Å². The summed E-state index contributed by atoms with van der Waals surface area (Å²) in [7, 11) is 0. The molecule has 5 heteroatoms. The van der Waals surface area contributed by atoms with Crippen molar-refractivity contribution < 1.29 is 19.1 Å². The van der Waals surface area contributed by atoms with E-state index in [0.717, 1.165) is 11.3 Å². The van der Waals surface area contributed by atoms with E-state index in [0.29, 0.717) is 24.6 Å². The van der Waals surface area contributed by atoms with E-state index in [2.05, 4.69) is 4.98 Å². The van der Waals surface area contributed by atoms with Crippen molar-refractivity contribution in [3.8, 4) is 17.2 Å². The van der Waals surface area contributed by atoms with E-state index in [9.17, 15) is 4.79 Å². The minimum atomic E-state index is -1.10. The maximum Gasteiger partial charge on any atom is 0.373 e. The second-order valence-electron chi connectivity index (χ2n) is 3.91. The average molecular weight is 261 g/mol. The van der Waals surface area contributed by atoms with Crippen LogP contribution in [0.15, 0.2) is 28.7 Å². The van der Waals surface area contributed by atoms with Gasteiger partial charge in [-0.15, -0.1) is 0 Å². The molecule has 1 aromatic heterocycles. The Bertz CT molecular complexity index is 572. The smallest absolute Gasteiger partial charge is 0.373 e. The lowest BCUT2D eigenvalue weighted by Crippen LogP contribution is -1.98. The van der Waals surface area contributed by atoms with Gasteiger partial charge in [-0.25, -0.2) is 9.78 Å². The zero-order valence-corrected chi connectivity index (χ0v) is 10.8. The highest BCUT2D eigenvalue weighted by Crippen LogP contribution is 2.24. The highest BCUT2D eigenvalue weighted by Gasteiger charge is 2.18. The first kappa shape index (κ1) is 13.1. The molecule has 0 aliphatic heterocycles. The standard InChI is InChI=1S/C14H15NO4/c1-3-11-12(14(16)17)19-13(15-11)9-5-7-10(8-6-9)18-4-2/h5-8H,3-4H2,1-2H3,(H,16,17). The number of carboxylic acids is 1.